The van der Waals surface area contributed by atoms with Gasteiger partial charge in [0.1, 0.15) is 24.2 Å². The molecular weight excluding hydrogens is 605 g/mol. The molecule has 2 fully saturated rings. The number of nitrogens with one attached hydrogen (secondary N) is 2. The lowest BCUT2D eigenvalue weighted by atomic mass is 10.1. The lowest BCUT2D eigenvalue weighted by Gasteiger charge is -2.32. The average Bonchev–Trinajstić information content (AvgIpc) is 3.46. The molecular formula is C34H32FN7O5. The van der Waals surface area contributed by atoms with Crippen molar-refractivity contribution in [3.63, 3.8) is 0 Å². The van der Waals surface area contributed by atoms with E-state index in [4.69, 9.17) is 24.0 Å². The van der Waals surface area contributed by atoms with Gasteiger partial charge in [-0.25, -0.2) is 13.9 Å². The van der Waals surface area contributed by atoms with Crippen molar-refractivity contribution in [1.82, 2.24) is 24.9 Å². The van der Waals surface area contributed by atoms with Crippen molar-refractivity contribution in [1.29, 1.82) is 0 Å². The molecule has 5 heterocycles. The van der Waals surface area contributed by atoms with E-state index in [-0.39, 0.29) is 12.0 Å². The quantitative estimate of drug-likeness (QED) is 0.232. The minimum absolute atomic E-state index is 0.202. The lowest BCUT2D eigenvalue weighted by Crippen LogP contribution is -2.34. The number of carbonyl (C=O) groups is 1. The van der Waals surface area contributed by atoms with Crippen LogP contribution in [-0.2, 0) is 16.0 Å². The van der Waals surface area contributed by atoms with Gasteiger partial charge in [0.25, 0.3) is 5.91 Å². The first-order chi connectivity index (χ1) is 23.0. The molecule has 1 saturated heterocycles. The van der Waals surface area contributed by atoms with Crippen LogP contribution in [0.25, 0.3) is 16.9 Å². The number of aromatic nitrogens is 4. The minimum atomic E-state index is -1.04. The monoisotopic (exact) mass is 637 g/mol. The molecule has 0 radical (unpaired) electrons. The summed E-state index contributed by atoms with van der Waals surface area (Å²) >= 11 is 0. The maximum Gasteiger partial charge on any atom is 0.271 e. The summed E-state index contributed by atoms with van der Waals surface area (Å²) in [4.78, 5) is 24.6. The van der Waals surface area contributed by atoms with E-state index in [0.717, 1.165) is 33.8 Å². The van der Waals surface area contributed by atoms with E-state index in [1.54, 1.807) is 13.3 Å². The summed E-state index contributed by atoms with van der Waals surface area (Å²) in [6, 6.07) is 19.1. The topological polar surface area (TPSA) is 124 Å². The Hall–Kier alpha value is -5.27. The van der Waals surface area contributed by atoms with E-state index in [9.17, 15) is 9.18 Å². The Morgan fingerprint density at radius 2 is 1.87 bits per heavy atom. The standard InChI is InChI=1S/C34H32FN7O5/c1-44-24-8-5-20(6-9-24)19-41-11-12-45-30-29(41)32-37-18-28(33(43)39-27-16-25(27)35)42(32)40-31(30)38-23-4-2-3-21(15-23)26-10-7-22(17-36-26)34-46-13-14-47-34/h2-10,15,17-18,25,27,34H,11-14,16,19H2,1H3,(H,38,40)(H,39,43)/t25-,27+/m0/s1. The Balaban J connectivity index is 1.15. The van der Waals surface area contributed by atoms with Crippen molar-refractivity contribution < 1.29 is 28.1 Å². The summed E-state index contributed by atoms with van der Waals surface area (Å²) in [7, 11) is 1.64. The Morgan fingerprint density at radius 3 is 2.62 bits per heavy atom. The van der Waals surface area contributed by atoms with Gasteiger partial charge in [-0.3, -0.25) is 9.78 Å². The Bertz CT molecular complexity index is 1930. The molecule has 12 nitrogen and oxygen atoms in total. The molecule has 240 valence electrons. The fourth-order valence-corrected chi connectivity index (χ4v) is 5.82. The van der Waals surface area contributed by atoms with Gasteiger partial charge < -0.3 is 34.5 Å². The predicted molar refractivity (Wildman–Crippen MR) is 171 cm³/mol. The number of alkyl halides is 1. The van der Waals surface area contributed by atoms with Gasteiger partial charge in [-0.1, -0.05) is 30.3 Å². The summed E-state index contributed by atoms with van der Waals surface area (Å²) in [5.74, 6) is 1.26. The number of ether oxygens (including phenoxy) is 4. The molecule has 3 aromatic heterocycles. The SMILES string of the molecule is COc1ccc(CN2CCOc3c(Nc4cccc(-c5ccc(C6OCCO6)cn5)c4)nn4c(C(=O)N[C@@H]5C[C@@H]5F)cnc4c32)cc1. The van der Waals surface area contributed by atoms with Gasteiger partial charge in [-0.2, -0.15) is 0 Å². The van der Waals surface area contributed by atoms with Crippen LogP contribution < -0.4 is 25.0 Å². The number of halogens is 1. The first-order valence-electron chi connectivity index (χ1n) is 15.5. The van der Waals surface area contributed by atoms with Crippen LogP contribution in [0.5, 0.6) is 11.5 Å². The fourth-order valence-electron chi connectivity index (χ4n) is 5.82. The van der Waals surface area contributed by atoms with Crippen LogP contribution >= 0.6 is 0 Å². The summed E-state index contributed by atoms with van der Waals surface area (Å²) in [5, 5.41) is 11.0. The molecule has 2 atom stereocenters. The van der Waals surface area contributed by atoms with Gasteiger partial charge >= 0.3 is 0 Å². The number of rotatable bonds is 9. The van der Waals surface area contributed by atoms with E-state index in [0.29, 0.717) is 62.2 Å². The first kappa shape index (κ1) is 29.2. The van der Waals surface area contributed by atoms with Crippen LogP contribution in [-0.4, -0.2) is 71.2 Å². The molecule has 1 amide bonds. The van der Waals surface area contributed by atoms with Crippen LogP contribution in [0.15, 0.2) is 73.1 Å². The zero-order valence-electron chi connectivity index (χ0n) is 25.6. The predicted octanol–water partition coefficient (Wildman–Crippen LogP) is 4.83. The van der Waals surface area contributed by atoms with Crippen molar-refractivity contribution >= 4 is 28.7 Å². The van der Waals surface area contributed by atoms with Crippen LogP contribution in [0.4, 0.5) is 21.6 Å². The molecule has 2 aromatic carbocycles. The van der Waals surface area contributed by atoms with Gasteiger partial charge in [0.2, 0.25) is 0 Å². The summed E-state index contributed by atoms with van der Waals surface area (Å²) in [6.45, 7) is 2.71. The van der Waals surface area contributed by atoms with Crippen molar-refractivity contribution in [3.05, 3.63) is 89.9 Å². The lowest BCUT2D eigenvalue weighted by molar-refractivity contribution is -0.0443. The second-order valence-electron chi connectivity index (χ2n) is 11.6. The van der Waals surface area contributed by atoms with Gasteiger partial charge in [0, 0.05) is 36.0 Å². The van der Waals surface area contributed by atoms with Gasteiger partial charge in [0.15, 0.2) is 29.2 Å². The summed E-state index contributed by atoms with van der Waals surface area (Å²) in [6.07, 6.45) is 2.11. The highest BCUT2D eigenvalue weighted by atomic mass is 19.1. The van der Waals surface area contributed by atoms with Crippen molar-refractivity contribution in [2.24, 2.45) is 0 Å². The maximum atomic E-state index is 13.7. The van der Waals surface area contributed by atoms with Crippen molar-refractivity contribution in [3.8, 4) is 22.8 Å². The van der Waals surface area contributed by atoms with E-state index in [1.807, 2.05) is 60.7 Å². The van der Waals surface area contributed by atoms with E-state index >= 15 is 0 Å². The highest BCUT2D eigenvalue weighted by Crippen LogP contribution is 2.42. The highest BCUT2D eigenvalue weighted by molar-refractivity contribution is 5.95. The zero-order chi connectivity index (χ0) is 31.9. The van der Waals surface area contributed by atoms with E-state index in [1.165, 1.54) is 10.7 Å². The third kappa shape index (κ3) is 5.79. The second kappa shape index (κ2) is 12.2. The molecule has 13 heteroatoms. The molecule has 2 aliphatic heterocycles. The molecule has 47 heavy (non-hydrogen) atoms. The molecule has 5 aromatic rings. The number of hydrogen-bond donors (Lipinski definition) is 2. The van der Waals surface area contributed by atoms with Gasteiger partial charge in [0.05, 0.1) is 44.8 Å². The Labute approximate surface area is 269 Å². The van der Waals surface area contributed by atoms with Crippen molar-refractivity contribution in [2.75, 3.05) is 43.7 Å². The number of hydrogen-bond acceptors (Lipinski definition) is 10. The molecule has 3 aliphatic rings. The zero-order valence-corrected chi connectivity index (χ0v) is 25.6. The van der Waals surface area contributed by atoms with Crippen LogP contribution in [0, 0.1) is 0 Å². The second-order valence-corrected chi connectivity index (χ2v) is 11.6. The van der Waals surface area contributed by atoms with Gasteiger partial charge in [-0.15, -0.1) is 5.10 Å². The number of nitrogens with zero attached hydrogens (tertiary/aromatic N) is 5. The number of methoxy groups -OCH3 is 1. The van der Waals surface area contributed by atoms with E-state index < -0.39 is 18.1 Å². The summed E-state index contributed by atoms with van der Waals surface area (Å²) in [5.41, 5.74) is 5.70. The third-order valence-corrected chi connectivity index (χ3v) is 8.40. The molecule has 1 aliphatic carbocycles. The first-order valence-corrected chi connectivity index (χ1v) is 15.5. The highest BCUT2D eigenvalue weighted by Gasteiger charge is 2.39. The third-order valence-electron chi connectivity index (χ3n) is 8.40. The van der Waals surface area contributed by atoms with Gasteiger partial charge in [-0.05, 0) is 35.9 Å². The van der Waals surface area contributed by atoms with Crippen molar-refractivity contribution in [2.45, 2.75) is 31.5 Å². The Morgan fingerprint density at radius 1 is 1.04 bits per heavy atom. The number of fused-ring (bicyclic) bond motifs is 3. The van der Waals surface area contributed by atoms with Crippen LogP contribution in [0.3, 0.4) is 0 Å². The van der Waals surface area contributed by atoms with Crippen LogP contribution in [0.1, 0.15) is 34.3 Å². The number of imidazole rings is 1. The largest absolute Gasteiger partial charge is 0.497 e. The number of amides is 1. The maximum absolute atomic E-state index is 13.7. The summed E-state index contributed by atoms with van der Waals surface area (Å²) < 4.78 is 37.9. The Kier molecular flexibility index (Phi) is 7.54. The average molecular weight is 638 g/mol. The van der Waals surface area contributed by atoms with Crippen LogP contribution in [0.2, 0.25) is 0 Å². The molecule has 0 bridgehead atoms. The number of carbonyl (C=O) groups excluding carboxylic acids is 1. The number of pyridine rings is 1. The fraction of sp³-hybridized carbons (Fsp3) is 0.294. The normalized spacial score (nSPS) is 18.9. The number of benzene rings is 2. The smallest absolute Gasteiger partial charge is 0.271 e. The minimum Gasteiger partial charge on any atom is -0.497 e. The molecule has 0 spiro atoms. The van der Waals surface area contributed by atoms with E-state index in [2.05, 4.69) is 25.5 Å². The number of anilines is 3. The molecule has 0 unspecified atom stereocenters. The molecule has 2 N–H and O–H groups in total. The molecule has 1 saturated carbocycles. The molecule has 8 rings (SSSR count).